The number of hydrogen-bond donors (Lipinski definition) is 2. The summed E-state index contributed by atoms with van der Waals surface area (Å²) in [6, 6.07) is 8.33. The van der Waals surface area contributed by atoms with Crippen molar-refractivity contribution in [1.82, 2.24) is 15.3 Å². The van der Waals surface area contributed by atoms with Crippen LogP contribution in [-0.2, 0) is 9.47 Å². The van der Waals surface area contributed by atoms with Gasteiger partial charge in [-0.15, -0.1) is 0 Å². The van der Waals surface area contributed by atoms with Crippen LogP contribution in [0.2, 0.25) is 0 Å². The molecule has 0 saturated carbocycles. The second-order valence-electron chi connectivity index (χ2n) is 5.43. The molecule has 1 unspecified atom stereocenters. The van der Waals surface area contributed by atoms with Crippen LogP contribution in [-0.4, -0.2) is 35.5 Å². The number of aromatic amines is 1. The van der Waals surface area contributed by atoms with Crippen molar-refractivity contribution in [3.8, 4) is 11.3 Å². The summed E-state index contributed by atoms with van der Waals surface area (Å²) in [6.07, 6.45) is 2.67. The Morgan fingerprint density at radius 1 is 1.19 bits per heavy atom. The Balaban J connectivity index is 1.53. The van der Waals surface area contributed by atoms with Crippen molar-refractivity contribution in [2.24, 2.45) is 0 Å². The van der Waals surface area contributed by atoms with E-state index in [1.807, 2.05) is 18.3 Å². The first-order valence-corrected chi connectivity index (χ1v) is 7.86. The predicted octanol–water partition coefficient (Wildman–Crippen LogP) is 2.62. The van der Waals surface area contributed by atoms with Crippen LogP contribution in [0.4, 0.5) is 0 Å². The molecule has 4 rings (SSSR count). The van der Waals surface area contributed by atoms with Gasteiger partial charge in [0.25, 0.3) is 0 Å². The molecule has 2 aliphatic heterocycles. The van der Waals surface area contributed by atoms with Gasteiger partial charge in [0.15, 0.2) is 5.79 Å². The van der Waals surface area contributed by atoms with E-state index in [0.29, 0.717) is 19.8 Å². The number of halogens is 1. The maximum atomic E-state index is 5.73. The molecule has 2 N–H and O–H groups in total. The molecule has 1 aromatic carbocycles. The quantitative estimate of drug-likeness (QED) is 0.874. The van der Waals surface area contributed by atoms with Gasteiger partial charge in [0.2, 0.25) is 0 Å². The molecular formula is C15H16BrN3O2. The smallest absolute Gasteiger partial charge is 0.182 e. The topological polar surface area (TPSA) is 59.2 Å². The maximum absolute atomic E-state index is 5.73. The molecule has 1 atom stereocenters. The second kappa shape index (κ2) is 5.21. The number of rotatable bonds is 2. The fourth-order valence-corrected chi connectivity index (χ4v) is 3.20. The van der Waals surface area contributed by atoms with E-state index in [-0.39, 0.29) is 6.04 Å². The standard InChI is InChI=1S/C15H16BrN3O2/c16-11-3-1-10(2-4-11)13-8-17-14(19-13)12-7-15(9-18-12)20-5-6-21-15/h1-4,8,12,18H,5-7,9H2,(H,17,19). The molecule has 0 amide bonds. The maximum Gasteiger partial charge on any atom is 0.182 e. The van der Waals surface area contributed by atoms with Gasteiger partial charge in [-0.05, 0) is 17.7 Å². The molecule has 21 heavy (non-hydrogen) atoms. The fourth-order valence-electron chi connectivity index (χ4n) is 2.93. The van der Waals surface area contributed by atoms with Crippen molar-refractivity contribution >= 4 is 15.9 Å². The Labute approximate surface area is 131 Å². The normalized spacial score (nSPS) is 24.0. The van der Waals surface area contributed by atoms with Crippen molar-refractivity contribution in [3.63, 3.8) is 0 Å². The number of imidazole rings is 1. The minimum Gasteiger partial charge on any atom is -0.346 e. The van der Waals surface area contributed by atoms with Gasteiger partial charge in [-0.1, -0.05) is 28.1 Å². The van der Waals surface area contributed by atoms with Gasteiger partial charge < -0.3 is 19.8 Å². The van der Waals surface area contributed by atoms with Crippen LogP contribution in [0.1, 0.15) is 18.3 Å². The fraction of sp³-hybridized carbons (Fsp3) is 0.400. The predicted molar refractivity (Wildman–Crippen MR) is 81.7 cm³/mol. The SMILES string of the molecule is Brc1ccc(-c2cnc(C3CC4(CN3)OCCO4)[nH]2)cc1. The van der Waals surface area contributed by atoms with Gasteiger partial charge in [-0.2, -0.15) is 0 Å². The van der Waals surface area contributed by atoms with E-state index in [1.54, 1.807) is 0 Å². The molecule has 1 aromatic heterocycles. The zero-order chi connectivity index (χ0) is 14.3. The summed E-state index contributed by atoms with van der Waals surface area (Å²) in [6.45, 7) is 2.07. The number of benzene rings is 1. The van der Waals surface area contributed by atoms with Crippen LogP contribution < -0.4 is 5.32 Å². The lowest BCUT2D eigenvalue weighted by atomic mass is 10.1. The lowest BCUT2D eigenvalue weighted by Gasteiger charge is -2.19. The first-order valence-electron chi connectivity index (χ1n) is 7.06. The van der Waals surface area contributed by atoms with Gasteiger partial charge in [-0.25, -0.2) is 4.98 Å². The Kier molecular flexibility index (Phi) is 3.34. The van der Waals surface area contributed by atoms with E-state index in [1.165, 1.54) is 0 Å². The van der Waals surface area contributed by atoms with E-state index in [0.717, 1.165) is 28.0 Å². The molecule has 2 aliphatic rings. The summed E-state index contributed by atoms with van der Waals surface area (Å²) in [5.41, 5.74) is 2.14. The number of nitrogens with zero attached hydrogens (tertiary/aromatic N) is 1. The molecule has 6 heteroatoms. The molecular weight excluding hydrogens is 334 g/mol. The molecule has 2 aromatic rings. The van der Waals surface area contributed by atoms with E-state index < -0.39 is 5.79 Å². The van der Waals surface area contributed by atoms with Crippen LogP contribution in [0, 0.1) is 0 Å². The van der Waals surface area contributed by atoms with E-state index >= 15 is 0 Å². The number of H-pyrrole nitrogens is 1. The highest BCUT2D eigenvalue weighted by atomic mass is 79.9. The number of hydrogen-bond acceptors (Lipinski definition) is 4. The van der Waals surface area contributed by atoms with Crippen LogP contribution in [0.15, 0.2) is 34.9 Å². The zero-order valence-corrected chi connectivity index (χ0v) is 13.0. The second-order valence-corrected chi connectivity index (χ2v) is 6.35. The lowest BCUT2D eigenvalue weighted by Crippen LogP contribution is -2.32. The zero-order valence-electron chi connectivity index (χ0n) is 11.4. The highest BCUT2D eigenvalue weighted by Crippen LogP contribution is 2.35. The van der Waals surface area contributed by atoms with Crippen LogP contribution in [0.5, 0.6) is 0 Å². The van der Waals surface area contributed by atoms with Crippen LogP contribution in [0.3, 0.4) is 0 Å². The van der Waals surface area contributed by atoms with Gasteiger partial charge in [0.1, 0.15) is 5.82 Å². The summed E-state index contributed by atoms with van der Waals surface area (Å²) in [4.78, 5) is 7.91. The summed E-state index contributed by atoms with van der Waals surface area (Å²) < 4.78 is 12.5. The molecule has 110 valence electrons. The van der Waals surface area contributed by atoms with Crippen molar-refractivity contribution < 1.29 is 9.47 Å². The Bertz CT molecular complexity index is 635. The van der Waals surface area contributed by atoms with Crippen molar-refractivity contribution in [2.45, 2.75) is 18.2 Å². The molecule has 1 spiro atoms. The average Bonchev–Trinajstić information content (AvgIpc) is 3.22. The third-order valence-corrected chi connectivity index (χ3v) is 4.56. The molecule has 5 nitrogen and oxygen atoms in total. The first kappa shape index (κ1) is 13.5. The van der Waals surface area contributed by atoms with Gasteiger partial charge in [-0.3, -0.25) is 0 Å². The summed E-state index contributed by atoms with van der Waals surface area (Å²) in [5.74, 6) is 0.485. The lowest BCUT2D eigenvalue weighted by molar-refractivity contribution is -0.141. The summed E-state index contributed by atoms with van der Waals surface area (Å²) >= 11 is 3.45. The van der Waals surface area contributed by atoms with Gasteiger partial charge in [0.05, 0.1) is 37.7 Å². The van der Waals surface area contributed by atoms with Crippen LogP contribution in [0.25, 0.3) is 11.3 Å². The van der Waals surface area contributed by atoms with E-state index in [2.05, 4.69) is 43.3 Å². The van der Waals surface area contributed by atoms with Crippen molar-refractivity contribution in [1.29, 1.82) is 0 Å². The monoisotopic (exact) mass is 349 g/mol. The molecule has 0 radical (unpaired) electrons. The number of nitrogens with one attached hydrogen (secondary N) is 2. The molecule has 0 aliphatic carbocycles. The summed E-state index contributed by atoms with van der Waals surface area (Å²) in [7, 11) is 0. The Morgan fingerprint density at radius 3 is 2.71 bits per heavy atom. The van der Waals surface area contributed by atoms with Crippen LogP contribution >= 0.6 is 15.9 Å². The highest BCUT2D eigenvalue weighted by Gasteiger charge is 2.45. The summed E-state index contributed by atoms with van der Waals surface area (Å²) in [5, 5.41) is 3.43. The first-order chi connectivity index (χ1) is 10.2. The van der Waals surface area contributed by atoms with Gasteiger partial charge in [0, 0.05) is 10.9 Å². The highest BCUT2D eigenvalue weighted by molar-refractivity contribution is 9.10. The van der Waals surface area contributed by atoms with Crippen molar-refractivity contribution in [2.75, 3.05) is 19.8 Å². The van der Waals surface area contributed by atoms with Gasteiger partial charge >= 0.3 is 0 Å². The largest absolute Gasteiger partial charge is 0.346 e. The minimum atomic E-state index is -0.449. The van der Waals surface area contributed by atoms with Crippen molar-refractivity contribution in [3.05, 3.63) is 40.8 Å². The Morgan fingerprint density at radius 2 is 1.95 bits per heavy atom. The van der Waals surface area contributed by atoms with E-state index in [4.69, 9.17) is 9.47 Å². The average molecular weight is 350 g/mol. The molecule has 0 bridgehead atoms. The molecule has 3 heterocycles. The minimum absolute atomic E-state index is 0.146. The van der Waals surface area contributed by atoms with E-state index in [9.17, 15) is 0 Å². The number of aromatic nitrogens is 2. The third-order valence-electron chi connectivity index (χ3n) is 4.03. The molecule has 2 fully saturated rings. The Hall–Kier alpha value is -1.21. The molecule has 2 saturated heterocycles. The third kappa shape index (κ3) is 2.53. The number of ether oxygens (including phenoxy) is 2.